The van der Waals surface area contributed by atoms with Crippen LogP contribution in [0.4, 0.5) is 5.69 Å². The zero-order valence-electron chi connectivity index (χ0n) is 12.2. The van der Waals surface area contributed by atoms with E-state index in [0.29, 0.717) is 0 Å². The summed E-state index contributed by atoms with van der Waals surface area (Å²) in [5, 5.41) is 16.3. The summed E-state index contributed by atoms with van der Waals surface area (Å²) in [5.74, 6) is 0. The van der Waals surface area contributed by atoms with Crippen LogP contribution in [0.2, 0.25) is 0 Å². The van der Waals surface area contributed by atoms with Crippen LogP contribution in [0.25, 0.3) is 5.69 Å². The third-order valence-electron chi connectivity index (χ3n) is 3.33. The first kappa shape index (κ1) is 13.4. The molecule has 2 heterocycles. The van der Waals surface area contributed by atoms with Crippen molar-refractivity contribution in [1.82, 2.24) is 24.8 Å². The van der Waals surface area contributed by atoms with Crippen LogP contribution < -0.4 is 5.32 Å². The van der Waals surface area contributed by atoms with Gasteiger partial charge in [-0.1, -0.05) is 19.1 Å². The van der Waals surface area contributed by atoms with E-state index in [2.05, 4.69) is 33.7 Å². The van der Waals surface area contributed by atoms with Gasteiger partial charge in [0.05, 0.1) is 23.8 Å². The molecular weight excluding hydrogens is 264 g/mol. The first-order chi connectivity index (χ1) is 10.3. The number of rotatable bonds is 5. The maximum atomic E-state index is 4.46. The van der Waals surface area contributed by atoms with Crippen molar-refractivity contribution in [2.24, 2.45) is 7.05 Å². The number of nitrogens with one attached hydrogen (secondary N) is 1. The zero-order chi connectivity index (χ0) is 14.7. The Labute approximate surface area is 123 Å². The Balaban J connectivity index is 1.82. The highest BCUT2D eigenvalue weighted by molar-refractivity contribution is 5.60. The Bertz CT molecular complexity index is 714. The normalized spacial score (nSPS) is 10.8. The van der Waals surface area contributed by atoms with Crippen LogP contribution in [0.3, 0.4) is 0 Å². The summed E-state index contributed by atoms with van der Waals surface area (Å²) in [5.41, 5.74) is 4.27. The second-order valence-corrected chi connectivity index (χ2v) is 4.82. The maximum absolute atomic E-state index is 4.46. The van der Waals surface area contributed by atoms with E-state index in [4.69, 9.17) is 0 Å². The molecular formula is C15H18N6. The molecule has 0 aliphatic heterocycles. The second-order valence-electron chi connectivity index (χ2n) is 4.82. The quantitative estimate of drug-likeness (QED) is 0.779. The molecule has 0 saturated carbocycles. The predicted octanol–water partition coefficient (Wildman–Crippen LogP) is 2.18. The molecule has 1 N–H and O–H groups in total. The average molecular weight is 282 g/mol. The predicted molar refractivity (Wildman–Crippen MR) is 81.3 cm³/mol. The first-order valence-corrected chi connectivity index (χ1v) is 6.99. The SMILES string of the molecule is CCc1nn(C)cc1CNc1ccccc1-n1nccn1. The largest absolute Gasteiger partial charge is 0.379 e. The third-order valence-corrected chi connectivity index (χ3v) is 3.33. The summed E-state index contributed by atoms with van der Waals surface area (Å²) in [6.45, 7) is 2.85. The number of benzene rings is 1. The average Bonchev–Trinajstić information content (AvgIpc) is 3.14. The van der Waals surface area contributed by atoms with E-state index in [1.807, 2.05) is 36.0 Å². The van der Waals surface area contributed by atoms with Crippen molar-refractivity contribution in [1.29, 1.82) is 0 Å². The molecule has 1 aromatic carbocycles. The molecule has 0 bridgehead atoms. The molecule has 0 aliphatic rings. The standard InChI is InChI=1S/C15H18N6/c1-3-13-12(11-20(2)19-13)10-16-14-6-4-5-7-15(14)21-17-8-9-18-21/h4-9,11,16H,3,10H2,1-2H3. The first-order valence-electron chi connectivity index (χ1n) is 6.99. The molecule has 0 radical (unpaired) electrons. The number of aromatic nitrogens is 5. The fourth-order valence-corrected chi connectivity index (χ4v) is 2.36. The molecule has 3 aromatic rings. The summed E-state index contributed by atoms with van der Waals surface area (Å²) in [6, 6.07) is 8.00. The Morgan fingerprint density at radius 2 is 1.90 bits per heavy atom. The molecule has 2 aromatic heterocycles. The van der Waals surface area contributed by atoms with Crippen molar-refractivity contribution in [2.75, 3.05) is 5.32 Å². The summed E-state index contributed by atoms with van der Waals surface area (Å²) < 4.78 is 1.86. The second kappa shape index (κ2) is 5.78. The molecule has 0 spiro atoms. The molecule has 21 heavy (non-hydrogen) atoms. The molecule has 0 atom stereocenters. The van der Waals surface area contributed by atoms with E-state index in [1.54, 1.807) is 17.2 Å². The minimum absolute atomic E-state index is 0.731. The van der Waals surface area contributed by atoms with Gasteiger partial charge in [-0.15, -0.1) is 4.80 Å². The minimum atomic E-state index is 0.731. The molecule has 0 fully saturated rings. The van der Waals surface area contributed by atoms with Crippen molar-refractivity contribution in [3.8, 4) is 5.69 Å². The van der Waals surface area contributed by atoms with Crippen molar-refractivity contribution >= 4 is 5.69 Å². The molecule has 0 unspecified atom stereocenters. The van der Waals surface area contributed by atoms with Crippen LogP contribution >= 0.6 is 0 Å². The van der Waals surface area contributed by atoms with Gasteiger partial charge in [0, 0.05) is 25.4 Å². The van der Waals surface area contributed by atoms with Crippen LogP contribution in [0.5, 0.6) is 0 Å². The fraction of sp³-hybridized carbons (Fsp3) is 0.267. The topological polar surface area (TPSA) is 60.6 Å². The van der Waals surface area contributed by atoms with Crippen molar-refractivity contribution in [3.63, 3.8) is 0 Å². The molecule has 0 aliphatic carbocycles. The van der Waals surface area contributed by atoms with Gasteiger partial charge < -0.3 is 5.32 Å². The van der Waals surface area contributed by atoms with E-state index in [-0.39, 0.29) is 0 Å². The fourth-order valence-electron chi connectivity index (χ4n) is 2.36. The van der Waals surface area contributed by atoms with Crippen molar-refractivity contribution < 1.29 is 0 Å². The van der Waals surface area contributed by atoms with Gasteiger partial charge in [0.25, 0.3) is 0 Å². The van der Waals surface area contributed by atoms with Crippen LogP contribution in [-0.4, -0.2) is 24.8 Å². The summed E-state index contributed by atoms with van der Waals surface area (Å²) in [7, 11) is 1.95. The Hall–Kier alpha value is -2.63. The molecule has 6 nitrogen and oxygen atoms in total. The number of anilines is 1. The lowest BCUT2D eigenvalue weighted by Crippen LogP contribution is -2.07. The summed E-state index contributed by atoms with van der Waals surface area (Å²) in [6.07, 6.45) is 6.33. The van der Waals surface area contributed by atoms with Crippen molar-refractivity contribution in [3.05, 3.63) is 54.1 Å². The number of aryl methyl sites for hydroxylation is 2. The van der Waals surface area contributed by atoms with Gasteiger partial charge in [-0.05, 0) is 18.6 Å². The summed E-state index contributed by atoms with van der Waals surface area (Å²) in [4.78, 5) is 1.62. The van der Waals surface area contributed by atoms with Gasteiger partial charge in [0.2, 0.25) is 0 Å². The van der Waals surface area contributed by atoms with E-state index < -0.39 is 0 Å². The smallest absolute Gasteiger partial charge is 0.109 e. The molecule has 0 amide bonds. The van der Waals surface area contributed by atoms with Crippen LogP contribution in [0.15, 0.2) is 42.9 Å². The van der Waals surface area contributed by atoms with E-state index in [9.17, 15) is 0 Å². The monoisotopic (exact) mass is 282 g/mol. The third kappa shape index (κ3) is 2.79. The van der Waals surface area contributed by atoms with Crippen LogP contribution in [0.1, 0.15) is 18.2 Å². The zero-order valence-corrected chi connectivity index (χ0v) is 12.2. The lowest BCUT2D eigenvalue weighted by atomic mass is 10.2. The highest BCUT2D eigenvalue weighted by Crippen LogP contribution is 2.19. The highest BCUT2D eigenvalue weighted by atomic mass is 15.5. The van der Waals surface area contributed by atoms with Gasteiger partial charge in [0.15, 0.2) is 0 Å². The highest BCUT2D eigenvalue weighted by Gasteiger charge is 2.08. The lowest BCUT2D eigenvalue weighted by Gasteiger charge is -2.10. The lowest BCUT2D eigenvalue weighted by molar-refractivity contribution is 0.746. The number of hydrogen-bond acceptors (Lipinski definition) is 4. The molecule has 3 rings (SSSR count). The van der Waals surface area contributed by atoms with Crippen molar-refractivity contribution in [2.45, 2.75) is 19.9 Å². The van der Waals surface area contributed by atoms with Gasteiger partial charge in [-0.3, -0.25) is 4.68 Å². The van der Waals surface area contributed by atoms with E-state index in [0.717, 1.165) is 30.0 Å². The van der Waals surface area contributed by atoms with Crippen LogP contribution in [0, 0.1) is 0 Å². The molecule has 108 valence electrons. The number of para-hydroxylation sites is 2. The van der Waals surface area contributed by atoms with Gasteiger partial charge in [-0.25, -0.2) is 0 Å². The maximum Gasteiger partial charge on any atom is 0.109 e. The number of nitrogens with zero attached hydrogens (tertiary/aromatic N) is 5. The van der Waals surface area contributed by atoms with E-state index in [1.165, 1.54) is 5.56 Å². The number of hydrogen-bond donors (Lipinski definition) is 1. The molecule has 0 saturated heterocycles. The van der Waals surface area contributed by atoms with Gasteiger partial charge >= 0.3 is 0 Å². The summed E-state index contributed by atoms with van der Waals surface area (Å²) >= 11 is 0. The van der Waals surface area contributed by atoms with Gasteiger partial charge in [-0.2, -0.15) is 15.3 Å². The Kier molecular flexibility index (Phi) is 3.68. The van der Waals surface area contributed by atoms with Gasteiger partial charge in [0.1, 0.15) is 5.69 Å². The minimum Gasteiger partial charge on any atom is -0.379 e. The van der Waals surface area contributed by atoms with E-state index >= 15 is 0 Å². The Morgan fingerprint density at radius 1 is 1.14 bits per heavy atom. The van der Waals surface area contributed by atoms with Crippen LogP contribution in [-0.2, 0) is 20.0 Å². The Morgan fingerprint density at radius 3 is 2.67 bits per heavy atom. The molecule has 6 heteroatoms.